The van der Waals surface area contributed by atoms with E-state index in [0.717, 1.165) is 38.1 Å². The number of ether oxygens (including phenoxy) is 1. The smallest absolute Gasteiger partial charge is 0.317 e. The lowest BCUT2D eigenvalue weighted by atomic mass is 9.96. The average Bonchev–Trinajstić information content (AvgIpc) is 2.98. The van der Waals surface area contributed by atoms with E-state index in [9.17, 15) is 4.79 Å². The summed E-state index contributed by atoms with van der Waals surface area (Å²) in [5, 5.41) is 7.66. The highest BCUT2D eigenvalue weighted by Crippen LogP contribution is 2.25. The molecular formula is C18H31N5O2. The van der Waals surface area contributed by atoms with Crippen LogP contribution in [0.4, 0.5) is 4.79 Å². The van der Waals surface area contributed by atoms with Crippen molar-refractivity contribution in [2.45, 2.75) is 83.0 Å². The lowest BCUT2D eigenvalue weighted by Crippen LogP contribution is -2.46. The molecule has 1 aliphatic carbocycles. The number of nitrogens with one attached hydrogen (secondary N) is 1. The van der Waals surface area contributed by atoms with Crippen LogP contribution < -0.4 is 5.32 Å². The van der Waals surface area contributed by atoms with Gasteiger partial charge < -0.3 is 15.0 Å². The van der Waals surface area contributed by atoms with Crippen molar-refractivity contribution in [3.8, 4) is 0 Å². The zero-order valence-electron chi connectivity index (χ0n) is 15.5. The second-order valence-electron chi connectivity index (χ2n) is 7.30. The van der Waals surface area contributed by atoms with Gasteiger partial charge in [-0.3, -0.25) is 0 Å². The fourth-order valence-corrected chi connectivity index (χ4v) is 3.97. The lowest BCUT2D eigenvalue weighted by Gasteiger charge is -2.32. The molecule has 0 unspecified atom stereocenters. The summed E-state index contributed by atoms with van der Waals surface area (Å²) < 4.78 is 7.04. The molecule has 0 spiro atoms. The molecule has 1 aliphatic heterocycles. The second-order valence-corrected chi connectivity index (χ2v) is 7.30. The van der Waals surface area contributed by atoms with Crippen LogP contribution in [0.2, 0.25) is 0 Å². The molecule has 25 heavy (non-hydrogen) atoms. The summed E-state index contributed by atoms with van der Waals surface area (Å²) in [6.07, 6.45) is 10.5. The Balaban J connectivity index is 1.62. The Hall–Kier alpha value is -1.63. The number of aromatic nitrogens is 3. The maximum Gasteiger partial charge on any atom is 0.317 e. The number of rotatable bonds is 4. The van der Waals surface area contributed by atoms with Gasteiger partial charge in [0.1, 0.15) is 12.4 Å². The number of aryl methyl sites for hydroxylation is 1. The van der Waals surface area contributed by atoms with Gasteiger partial charge in [-0.1, -0.05) is 32.1 Å². The molecule has 1 fully saturated rings. The first-order chi connectivity index (χ1) is 12.2. The van der Waals surface area contributed by atoms with Gasteiger partial charge in [-0.25, -0.2) is 14.5 Å². The standard InChI is InChI=1S/C18H31N5O2/c1-22(14-9-6-4-3-5-7-10-14)18(24)19-15-11-8-12-23-17(15)20-16(21-23)13-25-2/h14-15H,3-13H2,1-2H3,(H,19,24)/t15-/m0/s1. The van der Waals surface area contributed by atoms with Crippen molar-refractivity contribution in [1.82, 2.24) is 25.0 Å². The molecule has 7 nitrogen and oxygen atoms in total. The van der Waals surface area contributed by atoms with Crippen LogP contribution in [-0.2, 0) is 17.9 Å². The van der Waals surface area contributed by atoms with E-state index in [1.807, 2.05) is 16.6 Å². The van der Waals surface area contributed by atoms with E-state index in [2.05, 4.69) is 15.4 Å². The van der Waals surface area contributed by atoms with Crippen molar-refractivity contribution in [2.24, 2.45) is 0 Å². The number of methoxy groups -OCH3 is 1. The van der Waals surface area contributed by atoms with Crippen LogP contribution in [0.1, 0.15) is 75.5 Å². The molecule has 1 N–H and O–H groups in total. The predicted molar refractivity (Wildman–Crippen MR) is 95.1 cm³/mol. The van der Waals surface area contributed by atoms with Gasteiger partial charge in [0.2, 0.25) is 0 Å². The van der Waals surface area contributed by atoms with Gasteiger partial charge in [0.25, 0.3) is 0 Å². The van der Waals surface area contributed by atoms with Crippen LogP contribution in [-0.4, -0.2) is 45.9 Å². The summed E-state index contributed by atoms with van der Waals surface area (Å²) in [7, 11) is 3.58. The van der Waals surface area contributed by atoms with Crippen molar-refractivity contribution in [3.63, 3.8) is 0 Å². The fraction of sp³-hybridized carbons (Fsp3) is 0.833. The van der Waals surface area contributed by atoms with Gasteiger partial charge in [0, 0.05) is 26.7 Å². The Morgan fingerprint density at radius 3 is 2.64 bits per heavy atom. The Kier molecular flexibility index (Phi) is 6.29. The first-order valence-corrected chi connectivity index (χ1v) is 9.65. The predicted octanol–water partition coefficient (Wildman–Crippen LogP) is 3.01. The minimum Gasteiger partial charge on any atom is -0.377 e. The summed E-state index contributed by atoms with van der Waals surface area (Å²) in [6.45, 7) is 1.26. The highest BCUT2D eigenvalue weighted by Gasteiger charge is 2.28. The number of urea groups is 1. The highest BCUT2D eigenvalue weighted by molar-refractivity contribution is 5.74. The summed E-state index contributed by atoms with van der Waals surface area (Å²) in [5.41, 5.74) is 0. The first kappa shape index (κ1) is 18.2. The average molecular weight is 349 g/mol. The molecule has 140 valence electrons. The van der Waals surface area contributed by atoms with Crippen LogP contribution in [0.5, 0.6) is 0 Å². The third-order valence-electron chi connectivity index (χ3n) is 5.43. The van der Waals surface area contributed by atoms with Crippen molar-refractivity contribution in [1.29, 1.82) is 0 Å². The van der Waals surface area contributed by atoms with E-state index in [1.165, 1.54) is 32.1 Å². The SMILES string of the molecule is COCc1nc2n(n1)CCC[C@@H]2NC(=O)N(C)C1CCCCCCC1. The topological polar surface area (TPSA) is 72.3 Å². The molecule has 0 bridgehead atoms. The Bertz CT molecular complexity index is 566. The van der Waals surface area contributed by atoms with Crippen LogP contribution >= 0.6 is 0 Å². The number of nitrogens with zero attached hydrogens (tertiary/aromatic N) is 4. The maximum atomic E-state index is 12.8. The zero-order chi connectivity index (χ0) is 17.6. The van der Waals surface area contributed by atoms with Crippen molar-refractivity contribution in [3.05, 3.63) is 11.6 Å². The number of hydrogen-bond acceptors (Lipinski definition) is 4. The van der Waals surface area contributed by atoms with Gasteiger partial charge in [-0.15, -0.1) is 0 Å². The van der Waals surface area contributed by atoms with Crippen LogP contribution in [0.3, 0.4) is 0 Å². The molecule has 1 aromatic heterocycles. The van der Waals surface area contributed by atoms with Crippen LogP contribution in [0, 0.1) is 0 Å². The third kappa shape index (κ3) is 4.51. The van der Waals surface area contributed by atoms with E-state index in [0.29, 0.717) is 18.5 Å². The van der Waals surface area contributed by atoms with Crippen LogP contribution in [0.15, 0.2) is 0 Å². The van der Waals surface area contributed by atoms with Gasteiger partial charge in [0.15, 0.2) is 5.82 Å². The molecule has 1 saturated carbocycles. The minimum absolute atomic E-state index is 0.0142. The van der Waals surface area contributed by atoms with Crippen LogP contribution in [0.25, 0.3) is 0 Å². The van der Waals surface area contributed by atoms with E-state index >= 15 is 0 Å². The summed E-state index contributed by atoms with van der Waals surface area (Å²) in [4.78, 5) is 19.3. The second kappa shape index (κ2) is 8.65. The zero-order valence-corrected chi connectivity index (χ0v) is 15.5. The van der Waals surface area contributed by atoms with Gasteiger partial charge >= 0.3 is 6.03 Å². The third-order valence-corrected chi connectivity index (χ3v) is 5.43. The summed E-state index contributed by atoms with van der Waals surface area (Å²) >= 11 is 0. The first-order valence-electron chi connectivity index (χ1n) is 9.65. The van der Waals surface area contributed by atoms with Gasteiger partial charge in [0.05, 0.1) is 6.04 Å². The highest BCUT2D eigenvalue weighted by atomic mass is 16.5. The van der Waals surface area contributed by atoms with E-state index in [1.54, 1.807) is 7.11 Å². The fourth-order valence-electron chi connectivity index (χ4n) is 3.97. The molecule has 0 aromatic carbocycles. The lowest BCUT2D eigenvalue weighted by molar-refractivity contribution is 0.171. The Morgan fingerprint density at radius 1 is 1.20 bits per heavy atom. The van der Waals surface area contributed by atoms with Crippen molar-refractivity contribution >= 4 is 6.03 Å². The van der Waals surface area contributed by atoms with E-state index in [-0.39, 0.29) is 12.1 Å². The number of carbonyl (C=O) groups is 1. The molecule has 1 atom stereocenters. The van der Waals surface area contributed by atoms with Crippen molar-refractivity contribution in [2.75, 3.05) is 14.2 Å². The number of hydrogen-bond donors (Lipinski definition) is 1. The summed E-state index contributed by atoms with van der Waals surface area (Å²) in [5.74, 6) is 1.55. The molecular weight excluding hydrogens is 318 g/mol. The molecule has 0 radical (unpaired) electrons. The molecule has 2 amide bonds. The molecule has 3 rings (SSSR count). The quantitative estimate of drug-likeness (QED) is 0.907. The molecule has 1 aromatic rings. The maximum absolute atomic E-state index is 12.8. The largest absolute Gasteiger partial charge is 0.377 e. The Morgan fingerprint density at radius 2 is 1.92 bits per heavy atom. The molecule has 7 heteroatoms. The van der Waals surface area contributed by atoms with Gasteiger partial charge in [-0.2, -0.15) is 5.10 Å². The molecule has 0 saturated heterocycles. The number of amides is 2. The number of carbonyl (C=O) groups excluding carboxylic acids is 1. The number of fused-ring (bicyclic) bond motifs is 1. The van der Waals surface area contributed by atoms with Gasteiger partial charge in [-0.05, 0) is 25.7 Å². The van der Waals surface area contributed by atoms with E-state index < -0.39 is 0 Å². The molecule has 2 aliphatic rings. The molecule has 2 heterocycles. The normalized spacial score (nSPS) is 21.9. The van der Waals surface area contributed by atoms with E-state index in [4.69, 9.17) is 4.74 Å². The summed E-state index contributed by atoms with van der Waals surface area (Å²) in [6, 6.07) is 0.307. The van der Waals surface area contributed by atoms with Crippen molar-refractivity contribution < 1.29 is 9.53 Å². The minimum atomic E-state index is -0.0599. The Labute approximate surface area is 150 Å². The monoisotopic (exact) mass is 349 g/mol.